The molecule has 76 valence electrons. The van der Waals surface area contributed by atoms with Gasteiger partial charge in [-0.1, -0.05) is 12.2 Å². The van der Waals surface area contributed by atoms with E-state index in [1.165, 1.54) is 13.3 Å². The lowest BCUT2D eigenvalue weighted by molar-refractivity contribution is 0.0588. The molecule has 0 spiro atoms. The smallest absolute Gasteiger partial charge is 0.356 e. The van der Waals surface area contributed by atoms with Gasteiger partial charge in [0.05, 0.1) is 13.3 Å². The maximum Gasteiger partial charge on any atom is 0.356 e. The number of ether oxygens (including phenoxy) is 1. The van der Waals surface area contributed by atoms with Crippen LogP contribution in [0.5, 0.6) is 0 Å². The number of aromatic nitrogens is 2. The SMILES string of the molecule is C=C(C)Cn1c(C(=O)OC)cnc1C. The van der Waals surface area contributed by atoms with E-state index in [-0.39, 0.29) is 5.97 Å². The largest absolute Gasteiger partial charge is 0.464 e. The van der Waals surface area contributed by atoms with Crippen LogP contribution in [0.2, 0.25) is 0 Å². The van der Waals surface area contributed by atoms with Gasteiger partial charge in [-0.15, -0.1) is 0 Å². The summed E-state index contributed by atoms with van der Waals surface area (Å²) in [7, 11) is 1.36. The second-order valence-corrected chi connectivity index (χ2v) is 3.23. The monoisotopic (exact) mass is 194 g/mol. The number of hydrogen-bond acceptors (Lipinski definition) is 3. The van der Waals surface area contributed by atoms with Gasteiger partial charge >= 0.3 is 5.97 Å². The number of methoxy groups -OCH3 is 1. The Bertz CT molecular complexity index is 366. The molecule has 1 rings (SSSR count). The number of hydrogen-bond donors (Lipinski definition) is 0. The molecule has 1 aromatic rings. The van der Waals surface area contributed by atoms with E-state index < -0.39 is 0 Å². The van der Waals surface area contributed by atoms with Crippen molar-refractivity contribution in [1.82, 2.24) is 9.55 Å². The Kier molecular flexibility index (Phi) is 3.06. The minimum Gasteiger partial charge on any atom is -0.464 e. The molecule has 0 unspecified atom stereocenters. The van der Waals surface area contributed by atoms with E-state index in [9.17, 15) is 4.79 Å². The number of allylic oxidation sites excluding steroid dienone is 1. The van der Waals surface area contributed by atoms with Crippen molar-refractivity contribution >= 4 is 5.97 Å². The fourth-order valence-corrected chi connectivity index (χ4v) is 1.21. The third kappa shape index (κ3) is 2.02. The van der Waals surface area contributed by atoms with Crippen molar-refractivity contribution in [2.24, 2.45) is 0 Å². The van der Waals surface area contributed by atoms with Crippen LogP contribution in [-0.4, -0.2) is 22.6 Å². The van der Waals surface area contributed by atoms with Crippen molar-refractivity contribution in [1.29, 1.82) is 0 Å². The Labute approximate surface area is 83.2 Å². The number of imidazole rings is 1. The molecule has 0 saturated heterocycles. The first-order valence-corrected chi connectivity index (χ1v) is 4.31. The minimum absolute atomic E-state index is 0.369. The average Bonchev–Trinajstić information content (AvgIpc) is 2.46. The number of rotatable bonds is 3. The first kappa shape index (κ1) is 10.5. The summed E-state index contributed by atoms with van der Waals surface area (Å²) < 4.78 is 6.43. The summed E-state index contributed by atoms with van der Waals surface area (Å²) in [6.45, 7) is 8.14. The van der Waals surface area contributed by atoms with Crippen molar-refractivity contribution in [3.8, 4) is 0 Å². The maximum absolute atomic E-state index is 11.3. The fraction of sp³-hybridized carbons (Fsp3) is 0.400. The van der Waals surface area contributed by atoms with E-state index in [2.05, 4.69) is 16.3 Å². The predicted octanol–water partition coefficient (Wildman–Crippen LogP) is 1.55. The van der Waals surface area contributed by atoms with Gasteiger partial charge in [-0.05, 0) is 13.8 Å². The van der Waals surface area contributed by atoms with Crippen molar-refractivity contribution in [2.75, 3.05) is 7.11 Å². The molecule has 1 aromatic heterocycles. The van der Waals surface area contributed by atoms with Crippen molar-refractivity contribution in [3.05, 3.63) is 29.9 Å². The van der Waals surface area contributed by atoms with Crippen LogP contribution in [0, 0.1) is 6.92 Å². The van der Waals surface area contributed by atoms with Gasteiger partial charge in [0.1, 0.15) is 11.5 Å². The molecule has 0 aromatic carbocycles. The van der Waals surface area contributed by atoms with Crippen molar-refractivity contribution < 1.29 is 9.53 Å². The Hall–Kier alpha value is -1.58. The molecule has 0 fully saturated rings. The molecule has 1 heterocycles. The van der Waals surface area contributed by atoms with Crippen molar-refractivity contribution in [2.45, 2.75) is 20.4 Å². The molecule has 0 atom stereocenters. The molecule has 4 heteroatoms. The van der Waals surface area contributed by atoms with Gasteiger partial charge in [0.25, 0.3) is 0 Å². The van der Waals surface area contributed by atoms with Crippen molar-refractivity contribution in [3.63, 3.8) is 0 Å². The zero-order chi connectivity index (χ0) is 10.7. The van der Waals surface area contributed by atoms with E-state index >= 15 is 0 Å². The van der Waals surface area contributed by atoms with E-state index in [1.807, 2.05) is 13.8 Å². The molecule has 0 aliphatic rings. The molecule has 0 N–H and O–H groups in total. The molecule has 14 heavy (non-hydrogen) atoms. The first-order chi connectivity index (χ1) is 6.56. The lowest BCUT2D eigenvalue weighted by Crippen LogP contribution is -2.12. The third-order valence-electron chi connectivity index (χ3n) is 1.88. The van der Waals surface area contributed by atoms with E-state index in [0.29, 0.717) is 12.2 Å². The second kappa shape index (κ2) is 4.09. The van der Waals surface area contributed by atoms with Crippen LogP contribution in [0.1, 0.15) is 23.2 Å². The molecule has 4 nitrogen and oxygen atoms in total. The minimum atomic E-state index is -0.369. The van der Waals surface area contributed by atoms with Gasteiger partial charge < -0.3 is 9.30 Å². The molecule has 0 aliphatic carbocycles. The van der Waals surface area contributed by atoms with E-state index in [4.69, 9.17) is 0 Å². The lowest BCUT2D eigenvalue weighted by Gasteiger charge is -2.07. The van der Waals surface area contributed by atoms with Crippen LogP contribution in [0.4, 0.5) is 0 Å². The molecule has 0 saturated carbocycles. The molecular weight excluding hydrogens is 180 g/mol. The molecular formula is C10H14N2O2. The highest BCUT2D eigenvalue weighted by Gasteiger charge is 2.14. The Morgan fingerprint density at radius 2 is 2.36 bits per heavy atom. The fourth-order valence-electron chi connectivity index (χ4n) is 1.21. The number of aryl methyl sites for hydroxylation is 1. The van der Waals surface area contributed by atoms with Gasteiger partial charge in [0, 0.05) is 6.54 Å². The Morgan fingerprint density at radius 3 is 2.86 bits per heavy atom. The van der Waals surface area contributed by atoms with Gasteiger partial charge in [-0.25, -0.2) is 9.78 Å². The van der Waals surface area contributed by atoms with E-state index in [1.54, 1.807) is 4.57 Å². The molecule has 0 amide bonds. The van der Waals surface area contributed by atoms with Crippen LogP contribution in [0.15, 0.2) is 18.3 Å². The number of carbonyl (C=O) groups excluding carboxylic acids is 1. The van der Waals surface area contributed by atoms with Gasteiger partial charge in [0.15, 0.2) is 0 Å². The van der Waals surface area contributed by atoms with Crippen LogP contribution in [-0.2, 0) is 11.3 Å². The highest BCUT2D eigenvalue weighted by atomic mass is 16.5. The zero-order valence-corrected chi connectivity index (χ0v) is 8.70. The highest BCUT2D eigenvalue weighted by molar-refractivity contribution is 5.87. The van der Waals surface area contributed by atoms with Crippen LogP contribution >= 0.6 is 0 Å². The lowest BCUT2D eigenvalue weighted by atomic mass is 10.3. The predicted molar refractivity (Wildman–Crippen MR) is 53.1 cm³/mol. The molecule has 0 radical (unpaired) electrons. The summed E-state index contributed by atoms with van der Waals surface area (Å²) in [6, 6.07) is 0. The summed E-state index contributed by atoms with van der Waals surface area (Å²) in [5.74, 6) is 0.417. The summed E-state index contributed by atoms with van der Waals surface area (Å²) in [6.07, 6.45) is 1.52. The standard InChI is InChI=1S/C10H14N2O2/c1-7(2)6-12-8(3)11-5-9(12)10(13)14-4/h5H,1,6H2,2-4H3. The Morgan fingerprint density at radius 1 is 1.71 bits per heavy atom. The summed E-state index contributed by atoms with van der Waals surface area (Å²) in [5, 5.41) is 0. The summed E-state index contributed by atoms with van der Waals surface area (Å²) in [4.78, 5) is 15.4. The van der Waals surface area contributed by atoms with E-state index in [0.717, 1.165) is 11.4 Å². The topological polar surface area (TPSA) is 44.1 Å². The number of nitrogens with zero attached hydrogens (tertiary/aromatic N) is 2. The van der Waals surface area contributed by atoms with Gasteiger partial charge in [-0.2, -0.15) is 0 Å². The van der Waals surface area contributed by atoms with Crippen LogP contribution in [0.25, 0.3) is 0 Å². The maximum atomic E-state index is 11.3. The Balaban J connectivity index is 3.05. The molecule has 0 bridgehead atoms. The van der Waals surface area contributed by atoms with Crippen LogP contribution in [0.3, 0.4) is 0 Å². The second-order valence-electron chi connectivity index (χ2n) is 3.23. The van der Waals surface area contributed by atoms with Crippen LogP contribution < -0.4 is 0 Å². The first-order valence-electron chi connectivity index (χ1n) is 4.31. The highest BCUT2D eigenvalue weighted by Crippen LogP contribution is 2.08. The van der Waals surface area contributed by atoms with Gasteiger partial charge in [-0.3, -0.25) is 0 Å². The average molecular weight is 194 g/mol. The third-order valence-corrected chi connectivity index (χ3v) is 1.88. The number of esters is 1. The zero-order valence-electron chi connectivity index (χ0n) is 8.70. The van der Waals surface area contributed by atoms with Gasteiger partial charge in [0.2, 0.25) is 0 Å². The normalized spacial score (nSPS) is 9.93. The molecule has 0 aliphatic heterocycles. The number of carbonyl (C=O) groups is 1. The summed E-state index contributed by atoms with van der Waals surface area (Å²) >= 11 is 0. The summed E-state index contributed by atoms with van der Waals surface area (Å²) in [5.41, 5.74) is 1.43. The quantitative estimate of drug-likeness (QED) is 0.541.